The second kappa shape index (κ2) is 4.53. The summed E-state index contributed by atoms with van der Waals surface area (Å²) < 4.78 is 5.45. The van der Waals surface area contributed by atoms with E-state index in [-0.39, 0.29) is 0 Å². The van der Waals surface area contributed by atoms with Gasteiger partial charge in [-0.15, -0.1) is 0 Å². The molecule has 0 amide bonds. The van der Waals surface area contributed by atoms with Gasteiger partial charge < -0.3 is 9.72 Å². The Hall–Kier alpha value is -2.29. The zero-order valence-corrected chi connectivity index (χ0v) is 10.2. The van der Waals surface area contributed by atoms with Gasteiger partial charge in [-0.1, -0.05) is 12.1 Å². The molecule has 0 aliphatic rings. The highest BCUT2D eigenvalue weighted by atomic mass is 16.5. The second-order valence-electron chi connectivity index (χ2n) is 4.06. The molecule has 0 bridgehead atoms. The Kier molecular flexibility index (Phi) is 2.73. The first-order valence-corrected chi connectivity index (χ1v) is 6.04. The number of H-pyrrole nitrogens is 1. The molecule has 0 aliphatic carbocycles. The molecular weight excluding hydrogens is 224 g/mol. The Morgan fingerprint density at radius 1 is 1.17 bits per heavy atom. The summed E-state index contributed by atoms with van der Waals surface area (Å²) in [6.07, 6.45) is 3.79. The van der Waals surface area contributed by atoms with Gasteiger partial charge in [-0.25, -0.2) is 4.98 Å². The third kappa shape index (κ3) is 1.84. The number of aromatic amines is 1. The molecule has 2 aromatic heterocycles. The molecule has 0 spiro atoms. The van der Waals surface area contributed by atoms with Crippen molar-refractivity contribution in [2.75, 3.05) is 6.61 Å². The van der Waals surface area contributed by atoms with E-state index in [0.29, 0.717) is 6.61 Å². The summed E-state index contributed by atoms with van der Waals surface area (Å²) in [7, 11) is 0. The van der Waals surface area contributed by atoms with Gasteiger partial charge in [-0.05, 0) is 36.8 Å². The number of aromatic nitrogens is 2. The zero-order chi connectivity index (χ0) is 12.4. The van der Waals surface area contributed by atoms with Gasteiger partial charge in [-0.2, -0.15) is 0 Å². The van der Waals surface area contributed by atoms with Gasteiger partial charge in [0.2, 0.25) is 0 Å². The summed E-state index contributed by atoms with van der Waals surface area (Å²) in [4.78, 5) is 7.48. The van der Waals surface area contributed by atoms with Crippen molar-refractivity contribution in [1.29, 1.82) is 0 Å². The van der Waals surface area contributed by atoms with Gasteiger partial charge in [0.15, 0.2) is 0 Å². The molecule has 3 heteroatoms. The number of benzene rings is 1. The highest BCUT2D eigenvalue weighted by Gasteiger charge is 2.06. The van der Waals surface area contributed by atoms with Crippen LogP contribution >= 0.6 is 0 Å². The number of fused-ring (bicyclic) bond motifs is 1. The summed E-state index contributed by atoms with van der Waals surface area (Å²) in [5.74, 6) is 0.902. The molecule has 0 saturated carbocycles. The van der Waals surface area contributed by atoms with Crippen molar-refractivity contribution in [1.82, 2.24) is 9.97 Å². The predicted octanol–water partition coefficient (Wildman–Crippen LogP) is 3.63. The molecule has 0 atom stereocenters. The van der Waals surface area contributed by atoms with Crippen LogP contribution in [0.2, 0.25) is 0 Å². The molecule has 1 N–H and O–H groups in total. The van der Waals surface area contributed by atoms with E-state index in [1.807, 2.05) is 31.3 Å². The minimum atomic E-state index is 0.691. The van der Waals surface area contributed by atoms with Crippen LogP contribution in [-0.4, -0.2) is 16.6 Å². The monoisotopic (exact) mass is 238 g/mol. The summed E-state index contributed by atoms with van der Waals surface area (Å²) in [5, 5.41) is 1.14. The Bertz CT molecular complexity index is 656. The van der Waals surface area contributed by atoms with E-state index in [1.165, 1.54) is 5.56 Å². The molecule has 0 radical (unpaired) electrons. The Morgan fingerprint density at radius 2 is 2.00 bits per heavy atom. The van der Waals surface area contributed by atoms with E-state index in [0.717, 1.165) is 22.3 Å². The number of ether oxygens (including phenoxy) is 1. The van der Waals surface area contributed by atoms with Gasteiger partial charge >= 0.3 is 0 Å². The highest BCUT2D eigenvalue weighted by Crippen LogP contribution is 2.28. The van der Waals surface area contributed by atoms with Gasteiger partial charge in [0, 0.05) is 23.3 Å². The third-order valence-electron chi connectivity index (χ3n) is 2.93. The molecule has 1 aromatic carbocycles. The van der Waals surface area contributed by atoms with Crippen molar-refractivity contribution in [3.63, 3.8) is 0 Å². The van der Waals surface area contributed by atoms with E-state index >= 15 is 0 Å². The fourth-order valence-electron chi connectivity index (χ4n) is 2.09. The second-order valence-corrected chi connectivity index (χ2v) is 4.06. The van der Waals surface area contributed by atoms with Gasteiger partial charge in [-0.3, -0.25) is 0 Å². The van der Waals surface area contributed by atoms with Crippen LogP contribution in [-0.2, 0) is 0 Å². The Morgan fingerprint density at radius 3 is 2.78 bits per heavy atom. The van der Waals surface area contributed by atoms with Crippen LogP contribution in [0.25, 0.3) is 22.2 Å². The molecule has 3 aromatic rings. The van der Waals surface area contributed by atoms with E-state index in [1.54, 1.807) is 6.20 Å². The predicted molar refractivity (Wildman–Crippen MR) is 72.7 cm³/mol. The Balaban J connectivity index is 2.03. The molecular formula is C15H14N2O. The third-order valence-corrected chi connectivity index (χ3v) is 2.93. The maximum absolute atomic E-state index is 5.45. The molecule has 90 valence electrons. The van der Waals surface area contributed by atoms with Crippen LogP contribution in [0.15, 0.2) is 48.8 Å². The Labute approximate surface area is 105 Å². The summed E-state index contributed by atoms with van der Waals surface area (Å²) >= 11 is 0. The SMILES string of the molecule is CCOc1ccc(-c2c[nH]c3ncccc23)cc1. The summed E-state index contributed by atoms with van der Waals surface area (Å²) in [6, 6.07) is 12.2. The van der Waals surface area contributed by atoms with E-state index in [4.69, 9.17) is 4.74 Å². The van der Waals surface area contributed by atoms with E-state index in [2.05, 4.69) is 28.2 Å². The van der Waals surface area contributed by atoms with Crippen LogP contribution in [0.3, 0.4) is 0 Å². The van der Waals surface area contributed by atoms with Crippen LogP contribution in [0.5, 0.6) is 5.75 Å². The van der Waals surface area contributed by atoms with Gasteiger partial charge in [0.1, 0.15) is 11.4 Å². The number of rotatable bonds is 3. The lowest BCUT2D eigenvalue weighted by Gasteiger charge is -2.04. The van der Waals surface area contributed by atoms with Crippen LogP contribution in [0.4, 0.5) is 0 Å². The molecule has 0 saturated heterocycles. The van der Waals surface area contributed by atoms with Crippen molar-refractivity contribution in [3.8, 4) is 16.9 Å². The molecule has 18 heavy (non-hydrogen) atoms. The van der Waals surface area contributed by atoms with E-state index < -0.39 is 0 Å². The number of nitrogens with one attached hydrogen (secondary N) is 1. The highest BCUT2D eigenvalue weighted by molar-refractivity contribution is 5.93. The molecule has 2 heterocycles. The smallest absolute Gasteiger partial charge is 0.137 e. The molecule has 0 aliphatic heterocycles. The minimum Gasteiger partial charge on any atom is -0.494 e. The fourth-order valence-corrected chi connectivity index (χ4v) is 2.09. The van der Waals surface area contributed by atoms with Crippen molar-refractivity contribution >= 4 is 11.0 Å². The lowest BCUT2D eigenvalue weighted by molar-refractivity contribution is 0.340. The van der Waals surface area contributed by atoms with E-state index in [9.17, 15) is 0 Å². The topological polar surface area (TPSA) is 37.9 Å². The quantitative estimate of drug-likeness (QED) is 0.756. The first-order chi connectivity index (χ1) is 8.88. The van der Waals surface area contributed by atoms with Crippen molar-refractivity contribution in [2.24, 2.45) is 0 Å². The summed E-state index contributed by atoms with van der Waals surface area (Å²) in [6.45, 7) is 2.68. The van der Waals surface area contributed by atoms with Crippen molar-refractivity contribution in [2.45, 2.75) is 6.92 Å². The summed E-state index contributed by atoms with van der Waals surface area (Å²) in [5.41, 5.74) is 3.25. The zero-order valence-electron chi connectivity index (χ0n) is 10.2. The number of nitrogens with zero attached hydrogens (tertiary/aromatic N) is 1. The maximum Gasteiger partial charge on any atom is 0.137 e. The average molecular weight is 238 g/mol. The minimum absolute atomic E-state index is 0.691. The lowest BCUT2D eigenvalue weighted by Crippen LogP contribution is -1.90. The molecule has 3 rings (SSSR count). The van der Waals surface area contributed by atoms with Gasteiger partial charge in [0.05, 0.1) is 6.61 Å². The number of pyridine rings is 1. The first kappa shape index (κ1) is 10.8. The molecule has 0 unspecified atom stereocenters. The largest absolute Gasteiger partial charge is 0.494 e. The number of hydrogen-bond donors (Lipinski definition) is 1. The normalized spacial score (nSPS) is 10.7. The molecule has 3 nitrogen and oxygen atoms in total. The van der Waals surface area contributed by atoms with Gasteiger partial charge in [0.25, 0.3) is 0 Å². The molecule has 0 fully saturated rings. The lowest BCUT2D eigenvalue weighted by atomic mass is 10.1. The van der Waals surface area contributed by atoms with Crippen molar-refractivity contribution < 1.29 is 4.74 Å². The van der Waals surface area contributed by atoms with Crippen LogP contribution in [0, 0.1) is 0 Å². The standard InChI is InChI=1S/C15H14N2O/c1-2-18-12-7-5-11(6-8-12)14-10-17-15-13(14)4-3-9-16-15/h3-10H,2H2,1H3,(H,16,17). The maximum atomic E-state index is 5.45. The first-order valence-electron chi connectivity index (χ1n) is 6.04. The average Bonchev–Trinajstić information content (AvgIpc) is 2.84. The van der Waals surface area contributed by atoms with Crippen LogP contribution in [0.1, 0.15) is 6.92 Å². The van der Waals surface area contributed by atoms with Crippen molar-refractivity contribution in [3.05, 3.63) is 48.8 Å². The van der Waals surface area contributed by atoms with Crippen LogP contribution < -0.4 is 4.74 Å². The number of hydrogen-bond acceptors (Lipinski definition) is 2. The fraction of sp³-hybridized carbons (Fsp3) is 0.133.